The van der Waals surface area contributed by atoms with Crippen LogP contribution in [0.1, 0.15) is 30.7 Å². The Morgan fingerprint density at radius 2 is 2.20 bits per heavy atom. The number of nitrogens with one attached hydrogen (secondary N) is 2. The van der Waals surface area contributed by atoms with Crippen molar-refractivity contribution in [1.82, 2.24) is 15.1 Å². The monoisotopic (exact) mass is 340 g/mol. The van der Waals surface area contributed by atoms with Gasteiger partial charge in [0.05, 0.1) is 24.5 Å². The number of carbonyl (C=O) groups excluding carboxylic acids is 1. The standard InChI is InChI=1S/C19H24N4O2/c24-19(20-10-15-9-18(15)14-5-2-1-3-6-14)22-16-11-21-23(12-16)13-17-7-4-8-25-17/h1-3,5-6,11-12,15,17-18H,4,7-10,13H2,(H2,20,22,24)/t15-,17-,18+/m0/s1. The largest absolute Gasteiger partial charge is 0.376 e. The summed E-state index contributed by atoms with van der Waals surface area (Å²) in [6, 6.07) is 10.3. The van der Waals surface area contributed by atoms with Gasteiger partial charge in [0.15, 0.2) is 0 Å². The molecule has 132 valence electrons. The summed E-state index contributed by atoms with van der Waals surface area (Å²) in [4.78, 5) is 12.1. The molecule has 2 fully saturated rings. The fourth-order valence-corrected chi connectivity index (χ4v) is 3.51. The maximum atomic E-state index is 12.1. The van der Waals surface area contributed by atoms with Crippen molar-refractivity contribution in [3.05, 3.63) is 48.3 Å². The number of aromatic nitrogens is 2. The predicted molar refractivity (Wildman–Crippen MR) is 95.5 cm³/mol. The summed E-state index contributed by atoms with van der Waals surface area (Å²) >= 11 is 0. The van der Waals surface area contributed by atoms with Crippen molar-refractivity contribution in [3.8, 4) is 0 Å². The van der Waals surface area contributed by atoms with Crippen LogP contribution in [0.4, 0.5) is 10.5 Å². The molecule has 2 N–H and O–H groups in total. The van der Waals surface area contributed by atoms with Crippen molar-refractivity contribution >= 4 is 11.7 Å². The van der Waals surface area contributed by atoms with Crippen LogP contribution in [0.2, 0.25) is 0 Å². The molecule has 0 bridgehead atoms. The molecule has 6 heteroatoms. The summed E-state index contributed by atoms with van der Waals surface area (Å²) in [5.74, 6) is 1.12. The van der Waals surface area contributed by atoms with Gasteiger partial charge in [-0.3, -0.25) is 4.68 Å². The third-order valence-corrected chi connectivity index (χ3v) is 4.98. The number of nitrogens with zero attached hydrogens (tertiary/aromatic N) is 2. The normalized spacial score (nSPS) is 24.9. The summed E-state index contributed by atoms with van der Waals surface area (Å²) in [7, 11) is 0. The van der Waals surface area contributed by atoms with E-state index in [0.717, 1.165) is 32.4 Å². The lowest BCUT2D eigenvalue weighted by atomic mass is 10.1. The zero-order valence-corrected chi connectivity index (χ0v) is 14.2. The highest BCUT2D eigenvalue weighted by molar-refractivity contribution is 5.88. The molecule has 25 heavy (non-hydrogen) atoms. The Bertz CT molecular complexity index is 709. The molecule has 1 saturated heterocycles. The molecule has 1 saturated carbocycles. The van der Waals surface area contributed by atoms with Gasteiger partial charge in [0, 0.05) is 19.3 Å². The summed E-state index contributed by atoms with van der Waals surface area (Å²) in [5, 5.41) is 10.1. The van der Waals surface area contributed by atoms with Gasteiger partial charge >= 0.3 is 6.03 Å². The molecule has 3 atom stereocenters. The topological polar surface area (TPSA) is 68.2 Å². The molecule has 1 aliphatic heterocycles. The molecule has 2 amide bonds. The molecule has 0 spiro atoms. The first-order valence-corrected chi connectivity index (χ1v) is 9.02. The van der Waals surface area contributed by atoms with Gasteiger partial charge in [-0.1, -0.05) is 30.3 Å². The quantitative estimate of drug-likeness (QED) is 0.849. The molecule has 6 nitrogen and oxygen atoms in total. The van der Waals surface area contributed by atoms with E-state index < -0.39 is 0 Å². The third-order valence-electron chi connectivity index (χ3n) is 4.98. The van der Waals surface area contributed by atoms with E-state index in [2.05, 4.69) is 40.0 Å². The molecule has 0 unspecified atom stereocenters. The lowest BCUT2D eigenvalue weighted by molar-refractivity contribution is 0.0940. The molecule has 1 aromatic heterocycles. The van der Waals surface area contributed by atoms with Gasteiger partial charge in [-0.15, -0.1) is 0 Å². The van der Waals surface area contributed by atoms with E-state index in [4.69, 9.17) is 4.74 Å². The lowest BCUT2D eigenvalue weighted by Crippen LogP contribution is -2.30. The van der Waals surface area contributed by atoms with Crippen molar-refractivity contribution < 1.29 is 9.53 Å². The third kappa shape index (κ3) is 4.20. The molecule has 0 radical (unpaired) electrons. The number of benzene rings is 1. The number of rotatable bonds is 6. The number of carbonyl (C=O) groups is 1. The van der Waals surface area contributed by atoms with Gasteiger partial charge in [0.25, 0.3) is 0 Å². The fourth-order valence-electron chi connectivity index (χ4n) is 3.51. The summed E-state index contributed by atoms with van der Waals surface area (Å²) in [6.07, 6.45) is 7.11. The van der Waals surface area contributed by atoms with Crippen molar-refractivity contribution in [2.45, 2.75) is 37.8 Å². The molecule has 2 aliphatic rings. The first-order valence-electron chi connectivity index (χ1n) is 9.02. The van der Waals surface area contributed by atoms with Crippen LogP contribution in [0.5, 0.6) is 0 Å². The molecule has 1 aromatic carbocycles. The van der Waals surface area contributed by atoms with E-state index in [1.807, 2.05) is 16.9 Å². The average molecular weight is 340 g/mol. The minimum absolute atomic E-state index is 0.171. The Hall–Kier alpha value is -2.34. The summed E-state index contributed by atoms with van der Waals surface area (Å²) in [6.45, 7) is 2.28. The van der Waals surface area contributed by atoms with Crippen LogP contribution >= 0.6 is 0 Å². The molecule has 2 aromatic rings. The van der Waals surface area contributed by atoms with Crippen molar-refractivity contribution in [3.63, 3.8) is 0 Å². The van der Waals surface area contributed by atoms with Crippen LogP contribution in [0.15, 0.2) is 42.7 Å². The van der Waals surface area contributed by atoms with Gasteiger partial charge in [0.2, 0.25) is 0 Å². The van der Waals surface area contributed by atoms with E-state index in [1.165, 1.54) is 5.56 Å². The maximum absolute atomic E-state index is 12.1. The Morgan fingerprint density at radius 1 is 1.32 bits per heavy atom. The van der Waals surface area contributed by atoms with E-state index in [0.29, 0.717) is 24.1 Å². The van der Waals surface area contributed by atoms with Crippen LogP contribution in [0, 0.1) is 5.92 Å². The van der Waals surface area contributed by atoms with Gasteiger partial charge in [-0.2, -0.15) is 5.10 Å². The lowest BCUT2D eigenvalue weighted by Gasteiger charge is -2.08. The van der Waals surface area contributed by atoms with Gasteiger partial charge < -0.3 is 15.4 Å². The molecule has 4 rings (SSSR count). The van der Waals surface area contributed by atoms with Crippen LogP contribution in [0.3, 0.4) is 0 Å². The SMILES string of the molecule is O=C(NC[C@@H]1C[C@@H]1c1ccccc1)Nc1cnn(C[C@@H]2CCCO2)c1. The fraction of sp³-hybridized carbons (Fsp3) is 0.474. The predicted octanol–water partition coefficient (Wildman–Crippen LogP) is 2.99. The Morgan fingerprint density at radius 3 is 3.00 bits per heavy atom. The smallest absolute Gasteiger partial charge is 0.319 e. The van der Waals surface area contributed by atoms with Crippen molar-refractivity contribution in [2.75, 3.05) is 18.5 Å². The molecule has 2 heterocycles. The zero-order valence-electron chi connectivity index (χ0n) is 14.2. The van der Waals surface area contributed by atoms with Crippen molar-refractivity contribution in [1.29, 1.82) is 0 Å². The first-order chi connectivity index (χ1) is 12.3. The van der Waals surface area contributed by atoms with Crippen LogP contribution in [-0.2, 0) is 11.3 Å². The van der Waals surface area contributed by atoms with Gasteiger partial charge in [-0.05, 0) is 36.7 Å². The Labute approximate surface area is 147 Å². The van der Waals surface area contributed by atoms with E-state index in [9.17, 15) is 4.79 Å². The van der Waals surface area contributed by atoms with Gasteiger partial charge in [0.1, 0.15) is 0 Å². The van der Waals surface area contributed by atoms with Gasteiger partial charge in [-0.25, -0.2) is 4.79 Å². The van der Waals surface area contributed by atoms with Crippen molar-refractivity contribution in [2.24, 2.45) is 5.92 Å². The number of urea groups is 1. The second-order valence-corrected chi connectivity index (χ2v) is 6.93. The summed E-state index contributed by atoms with van der Waals surface area (Å²) in [5.41, 5.74) is 2.08. The number of hydrogen-bond donors (Lipinski definition) is 2. The number of hydrogen-bond acceptors (Lipinski definition) is 3. The minimum Gasteiger partial charge on any atom is -0.376 e. The zero-order chi connectivity index (χ0) is 17.1. The highest BCUT2D eigenvalue weighted by Gasteiger charge is 2.38. The second kappa shape index (κ2) is 7.27. The van der Waals surface area contributed by atoms with Crippen LogP contribution in [0.25, 0.3) is 0 Å². The van der Waals surface area contributed by atoms with Crippen LogP contribution in [-0.4, -0.2) is 35.1 Å². The molecule has 1 aliphatic carbocycles. The highest BCUT2D eigenvalue weighted by atomic mass is 16.5. The number of ether oxygens (including phenoxy) is 1. The average Bonchev–Trinajstić information content (AvgIpc) is 2.98. The molecular weight excluding hydrogens is 316 g/mol. The van der Waals surface area contributed by atoms with E-state index in [-0.39, 0.29) is 12.1 Å². The number of amides is 2. The van der Waals surface area contributed by atoms with E-state index in [1.54, 1.807) is 6.20 Å². The Kier molecular flexibility index (Phi) is 4.70. The second-order valence-electron chi connectivity index (χ2n) is 6.93. The Balaban J connectivity index is 1.20. The van der Waals surface area contributed by atoms with E-state index >= 15 is 0 Å². The van der Waals surface area contributed by atoms with Crippen LogP contribution < -0.4 is 10.6 Å². The highest BCUT2D eigenvalue weighted by Crippen LogP contribution is 2.46. The first kappa shape index (κ1) is 16.1. The summed E-state index contributed by atoms with van der Waals surface area (Å²) < 4.78 is 7.44. The number of anilines is 1. The minimum atomic E-state index is -0.171. The maximum Gasteiger partial charge on any atom is 0.319 e. The molecular formula is C19H24N4O2.